The van der Waals surface area contributed by atoms with Crippen molar-refractivity contribution in [2.24, 2.45) is 0 Å². The molecule has 0 amide bonds. The molecule has 0 aliphatic heterocycles. The molecule has 0 radical (unpaired) electrons. The minimum absolute atomic E-state index is 1.06. The number of hydrogen-bond acceptors (Lipinski definition) is 0. The van der Waals surface area contributed by atoms with Gasteiger partial charge in [0.2, 0.25) is 0 Å². The summed E-state index contributed by atoms with van der Waals surface area (Å²) in [5, 5.41) is 6.27. The van der Waals surface area contributed by atoms with E-state index < -0.39 is 8.07 Å². The van der Waals surface area contributed by atoms with E-state index in [9.17, 15) is 0 Å². The van der Waals surface area contributed by atoms with Gasteiger partial charge in [0, 0.05) is 0 Å². The first kappa shape index (κ1) is 23.5. The van der Waals surface area contributed by atoms with Gasteiger partial charge in [0.1, 0.15) is 0 Å². The predicted octanol–water partition coefficient (Wildman–Crippen LogP) is 6.60. The molecule has 0 heterocycles. The third-order valence-corrected chi connectivity index (χ3v) is 11.9. The predicted molar refractivity (Wildman–Crippen MR) is 148 cm³/mol. The van der Waals surface area contributed by atoms with Gasteiger partial charge in [-0.3, -0.25) is 0 Å². The van der Waals surface area contributed by atoms with Gasteiger partial charge in [0.05, 0.1) is 0 Å². The monoisotopic (exact) mass is 450 g/mol. The normalized spacial score (nSPS) is 13.8. The second kappa shape index (κ2) is 9.31. The van der Waals surface area contributed by atoms with E-state index in [0.717, 1.165) is 12.8 Å². The molecule has 0 fully saturated rings. The summed E-state index contributed by atoms with van der Waals surface area (Å²) in [6.07, 6.45) is 8.24. The summed E-state index contributed by atoms with van der Waals surface area (Å²) in [7, 11) is -2.46. The lowest BCUT2D eigenvalue weighted by molar-refractivity contribution is 0.924. The van der Waals surface area contributed by atoms with Crippen LogP contribution in [0.25, 0.3) is 0 Å². The number of aryl methyl sites for hydroxylation is 6. The van der Waals surface area contributed by atoms with Crippen LogP contribution < -0.4 is 15.6 Å². The van der Waals surface area contributed by atoms with Crippen molar-refractivity contribution in [1.82, 2.24) is 0 Å². The Kier molecular flexibility index (Phi) is 6.63. The fraction of sp³-hybridized carbons (Fsp3) is 0.312. The standard InChI is InChI=1S/C32H38Si/c1-8-10-28-11-9-12-32(28)33(29-16-22(2)13-23(3)17-29,30-18-24(4)14-25(5)19-30)31-20-26(6)15-27(7)21-31/h9,11,13-21H,8,10,12H2,1-7H3. The minimum atomic E-state index is -2.46. The zero-order valence-corrected chi connectivity index (χ0v) is 22.5. The van der Waals surface area contributed by atoms with Crippen LogP contribution in [0.15, 0.2) is 77.5 Å². The van der Waals surface area contributed by atoms with Crippen LogP contribution >= 0.6 is 0 Å². The van der Waals surface area contributed by atoms with Gasteiger partial charge < -0.3 is 0 Å². The van der Waals surface area contributed by atoms with E-state index in [2.05, 4.69) is 115 Å². The van der Waals surface area contributed by atoms with Crippen LogP contribution in [0.2, 0.25) is 0 Å². The Morgan fingerprint density at radius 3 is 1.27 bits per heavy atom. The second-order valence-corrected chi connectivity index (χ2v) is 14.1. The SMILES string of the molecule is CCCC1=C([Si](c2cc(C)cc(C)c2)(c2cc(C)cc(C)c2)c2cc(C)cc(C)c2)CC=C1. The Morgan fingerprint density at radius 2 is 0.939 bits per heavy atom. The smallest absolute Gasteiger partial charge is 0.0805 e. The van der Waals surface area contributed by atoms with E-state index in [-0.39, 0.29) is 0 Å². The molecule has 33 heavy (non-hydrogen) atoms. The number of rotatable bonds is 6. The molecule has 1 aliphatic carbocycles. The van der Waals surface area contributed by atoms with Crippen molar-refractivity contribution in [2.75, 3.05) is 0 Å². The first-order chi connectivity index (χ1) is 15.7. The lowest BCUT2D eigenvalue weighted by Crippen LogP contribution is -2.69. The Labute approximate surface area is 202 Å². The molecule has 1 heteroatoms. The maximum atomic E-state index is 2.49. The molecule has 0 unspecified atom stereocenters. The van der Waals surface area contributed by atoms with Gasteiger partial charge in [-0.1, -0.05) is 124 Å². The number of hydrogen-bond donors (Lipinski definition) is 0. The van der Waals surface area contributed by atoms with Crippen LogP contribution in [0.4, 0.5) is 0 Å². The molecule has 0 spiro atoms. The summed E-state index contributed by atoms with van der Waals surface area (Å²) in [5.74, 6) is 0. The van der Waals surface area contributed by atoms with Gasteiger partial charge in [-0.2, -0.15) is 0 Å². The van der Waals surface area contributed by atoms with E-state index in [1.54, 1.807) is 10.8 Å². The van der Waals surface area contributed by atoms with Crippen molar-refractivity contribution >= 4 is 23.6 Å². The summed E-state index contributed by atoms with van der Waals surface area (Å²) in [6, 6.07) is 21.9. The molecule has 170 valence electrons. The molecular weight excluding hydrogens is 412 g/mol. The number of benzene rings is 3. The molecule has 0 aromatic heterocycles. The highest BCUT2D eigenvalue weighted by Crippen LogP contribution is 2.32. The van der Waals surface area contributed by atoms with E-state index in [0.29, 0.717) is 0 Å². The maximum Gasteiger partial charge on any atom is 0.176 e. The van der Waals surface area contributed by atoms with Crippen LogP contribution in [0.3, 0.4) is 0 Å². The second-order valence-electron chi connectivity index (χ2n) is 10.2. The van der Waals surface area contributed by atoms with Crippen molar-refractivity contribution in [1.29, 1.82) is 0 Å². The highest BCUT2D eigenvalue weighted by atomic mass is 28.3. The van der Waals surface area contributed by atoms with E-state index in [1.165, 1.54) is 55.4 Å². The van der Waals surface area contributed by atoms with Crippen molar-refractivity contribution in [3.8, 4) is 0 Å². The number of allylic oxidation sites excluding steroid dienone is 4. The fourth-order valence-corrected chi connectivity index (χ4v) is 11.9. The van der Waals surface area contributed by atoms with Crippen LogP contribution in [0, 0.1) is 41.5 Å². The lowest BCUT2D eigenvalue weighted by atomic mass is 10.1. The van der Waals surface area contributed by atoms with E-state index in [1.807, 2.05) is 0 Å². The summed E-state index contributed by atoms with van der Waals surface area (Å²) in [4.78, 5) is 0. The van der Waals surface area contributed by atoms with Crippen LogP contribution in [0.5, 0.6) is 0 Å². The topological polar surface area (TPSA) is 0 Å². The van der Waals surface area contributed by atoms with E-state index in [4.69, 9.17) is 0 Å². The minimum Gasteiger partial charge on any atom is -0.0805 e. The van der Waals surface area contributed by atoms with Crippen LogP contribution in [-0.4, -0.2) is 8.07 Å². The molecule has 3 aromatic carbocycles. The third kappa shape index (κ3) is 4.44. The lowest BCUT2D eigenvalue weighted by Gasteiger charge is -2.38. The van der Waals surface area contributed by atoms with Gasteiger partial charge in [-0.25, -0.2) is 0 Å². The van der Waals surface area contributed by atoms with Crippen molar-refractivity contribution in [3.63, 3.8) is 0 Å². The summed E-state index contributed by atoms with van der Waals surface area (Å²) in [5.41, 5.74) is 9.73. The Bertz CT molecular complexity index is 1070. The maximum absolute atomic E-state index is 2.49. The average molecular weight is 451 g/mol. The quantitative estimate of drug-likeness (QED) is 0.293. The zero-order valence-electron chi connectivity index (χ0n) is 21.5. The van der Waals surface area contributed by atoms with Crippen molar-refractivity contribution in [3.05, 3.63) is 111 Å². The van der Waals surface area contributed by atoms with Crippen LogP contribution in [0.1, 0.15) is 59.6 Å². The van der Waals surface area contributed by atoms with Gasteiger partial charge >= 0.3 is 0 Å². The third-order valence-electron chi connectivity index (χ3n) is 6.96. The average Bonchev–Trinajstić information content (AvgIpc) is 3.15. The molecule has 0 atom stereocenters. The molecule has 0 saturated heterocycles. The van der Waals surface area contributed by atoms with Crippen molar-refractivity contribution < 1.29 is 0 Å². The molecule has 0 bridgehead atoms. The van der Waals surface area contributed by atoms with Gasteiger partial charge in [-0.05, 0) is 69.9 Å². The molecule has 0 saturated carbocycles. The molecule has 4 rings (SSSR count). The van der Waals surface area contributed by atoms with E-state index >= 15 is 0 Å². The summed E-state index contributed by atoms with van der Waals surface area (Å²) < 4.78 is 0. The highest BCUT2D eigenvalue weighted by molar-refractivity contribution is 7.16. The molecule has 1 aliphatic rings. The molecule has 3 aromatic rings. The molecule has 0 nitrogen and oxygen atoms in total. The Balaban J connectivity index is 2.23. The summed E-state index contributed by atoms with van der Waals surface area (Å²) in [6.45, 7) is 15.9. The van der Waals surface area contributed by atoms with Gasteiger partial charge in [0.15, 0.2) is 8.07 Å². The van der Waals surface area contributed by atoms with Gasteiger partial charge in [-0.15, -0.1) is 0 Å². The first-order valence-electron chi connectivity index (χ1n) is 12.4. The summed E-state index contributed by atoms with van der Waals surface area (Å²) >= 11 is 0. The van der Waals surface area contributed by atoms with Crippen molar-refractivity contribution in [2.45, 2.75) is 67.7 Å². The molecule has 0 N–H and O–H groups in total. The zero-order chi connectivity index (χ0) is 23.8. The van der Waals surface area contributed by atoms with Crippen LogP contribution in [-0.2, 0) is 0 Å². The first-order valence-corrected chi connectivity index (χ1v) is 14.4. The molecular formula is C32H38Si. The fourth-order valence-electron chi connectivity index (χ4n) is 6.04. The highest BCUT2D eigenvalue weighted by Gasteiger charge is 2.45. The largest absolute Gasteiger partial charge is 0.176 e. The Hall–Kier alpha value is -2.64. The van der Waals surface area contributed by atoms with Gasteiger partial charge in [0.25, 0.3) is 0 Å². The Morgan fingerprint density at radius 1 is 0.576 bits per heavy atom.